The summed E-state index contributed by atoms with van der Waals surface area (Å²) < 4.78 is 0. The van der Waals surface area contributed by atoms with Crippen LogP contribution in [0.25, 0.3) is 0 Å². The van der Waals surface area contributed by atoms with Gasteiger partial charge in [0.15, 0.2) is 0 Å². The molecule has 0 aliphatic heterocycles. The fraction of sp³-hybridized carbons (Fsp3) is 1.00. The van der Waals surface area contributed by atoms with Gasteiger partial charge >= 0.3 is 85.9 Å². The molecule has 8 heavy (non-hydrogen) atoms. The van der Waals surface area contributed by atoms with Gasteiger partial charge < -0.3 is 0 Å². The van der Waals surface area contributed by atoms with Crippen molar-refractivity contribution in [3.8, 4) is 0 Å². The molecule has 0 unspecified atom stereocenters. The van der Waals surface area contributed by atoms with Gasteiger partial charge in [-0.15, -0.1) is 0 Å². The molecule has 0 rings (SSSR count). The van der Waals surface area contributed by atoms with Crippen molar-refractivity contribution in [1.29, 1.82) is 0 Å². The minimum absolute atomic E-state index is 0. The van der Waals surface area contributed by atoms with Gasteiger partial charge in [0, 0.05) is 0 Å². The first-order valence-electron chi connectivity index (χ1n) is 2.57. The van der Waals surface area contributed by atoms with Crippen molar-refractivity contribution in [2.45, 2.75) is 13.8 Å². The molecular weight excluding hydrogens is 166 g/mol. The summed E-state index contributed by atoms with van der Waals surface area (Å²) in [6.45, 7) is 4.30. The number of hydrogen-bond donors (Lipinski definition) is 2. The first-order valence-corrected chi connectivity index (χ1v) is 7.56. The van der Waals surface area contributed by atoms with Crippen molar-refractivity contribution in [1.82, 2.24) is 0 Å². The topological polar surface area (TPSA) is 0 Å². The van der Waals surface area contributed by atoms with E-state index in [-0.39, 0.29) is 29.6 Å². The fourth-order valence-electron chi connectivity index (χ4n) is 0.250. The summed E-state index contributed by atoms with van der Waals surface area (Å²) in [6, 6.07) is 0. The van der Waals surface area contributed by atoms with E-state index >= 15 is 0 Å². The van der Waals surface area contributed by atoms with E-state index in [1.54, 1.807) is 0 Å². The van der Waals surface area contributed by atoms with Crippen LogP contribution in [0.15, 0.2) is 0 Å². The third-order valence-corrected chi connectivity index (χ3v) is 7.19. The maximum absolute atomic E-state index is 4.39. The quantitative estimate of drug-likeness (QED) is 0.361. The van der Waals surface area contributed by atoms with Crippen LogP contribution in [0.5, 0.6) is 0 Å². The molecule has 0 spiro atoms. The Kier molecular flexibility index (Phi) is 9.39. The summed E-state index contributed by atoms with van der Waals surface area (Å²) in [5, 5.41) is 0. The Bertz CT molecular complexity index is 52.0. The van der Waals surface area contributed by atoms with Crippen LogP contribution in [0.4, 0.5) is 0 Å². The molecule has 0 saturated carbocycles. The Labute approximate surface area is 85.1 Å². The van der Waals surface area contributed by atoms with Crippen molar-refractivity contribution < 1.29 is 0 Å². The van der Waals surface area contributed by atoms with Crippen LogP contribution < -0.4 is 0 Å². The molecule has 0 aliphatic rings. The molecule has 0 aromatic heterocycles. The van der Waals surface area contributed by atoms with Crippen molar-refractivity contribution in [3.05, 3.63) is 0 Å². The zero-order valence-corrected chi connectivity index (χ0v) is 7.60. The average Bonchev–Trinajstić information content (AvgIpc) is 1.68. The second-order valence-corrected chi connectivity index (χ2v) is 11.3. The summed E-state index contributed by atoms with van der Waals surface area (Å²) in [7, 11) is 0. The predicted octanol–water partition coefficient (Wildman–Crippen LogP) is 1.82. The summed E-state index contributed by atoms with van der Waals surface area (Å²) >= 11 is 8.78. The Balaban J connectivity index is 0. The molecule has 48 valence electrons. The van der Waals surface area contributed by atoms with E-state index < -0.39 is 5.67 Å². The standard InChI is InChI=1S/C4H13PS2.Na.H/c1-3-5(6,7)4-2;;/h5-7H,3-4H2,1-2H3;;. The van der Waals surface area contributed by atoms with Gasteiger partial charge in [0.1, 0.15) is 0 Å². The fourth-order valence-corrected chi connectivity index (χ4v) is 0.750. The van der Waals surface area contributed by atoms with Gasteiger partial charge in [0.05, 0.1) is 0 Å². The monoisotopic (exact) mass is 180 g/mol. The first kappa shape index (κ1) is 12.8. The molecule has 0 aromatic carbocycles. The van der Waals surface area contributed by atoms with E-state index in [9.17, 15) is 0 Å². The molecule has 0 radical (unpaired) electrons. The molecule has 0 bridgehead atoms. The van der Waals surface area contributed by atoms with E-state index in [0.29, 0.717) is 0 Å². The van der Waals surface area contributed by atoms with Gasteiger partial charge in [-0.25, -0.2) is 0 Å². The van der Waals surface area contributed by atoms with Gasteiger partial charge in [-0.2, -0.15) is 0 Å². The third kappa shape index (κ3) is 6.25. The third-order valence-electron chi connectivity index (χ3n) is 1.13. The Morgan fingerprint density at radius 2 is 1.38 bits per heavy atom. The number of thiol groups is 2. The zero-order valence-electron chi connectivity index (χ0n) is 4.81. The molecule has 0 fully saturated rings. The minimum atomic E-state index is -1.26. The maximum atomic E-state index is 4.39. The Hall–Kier alpha value is 2.13. The summed E-state index contributed by atoms with van der Waals surface area (Å²) in [6.07, 6.45) is 2.32. The molecular formula is C4H14NaPS2. The number of rotatable bonds is 2. The normalized spacial score (nSPS) is 12.5. The molecule has 0 heterocycles. The predicted molar refractivity (Wildman–Crippen MR) is 54.5 cm³/mol. The van der Waals surface area contributed by atoms with Crippen LogP contribution in [0.1, 0.15) is 13.8 Å². The van der Waals surface area contributed by atoms with Crippen molar-refractivity contribution >= 4 is 59.7 Å². The summed E-state index contributed by atoms with van der Waals surface area (Å²) in [5.41, 5.74) is -1.26. The van der Waals surface area contributed by atoms with Crippen LogP contribution in [0, 0.1) is 0 Å². The number of hydrogen-bond acceptors (Lipinski definition) is 2. The molecule has 0 N–H and O–H groups in total. The molecule has 4 heteroatoms. The second-order valence-electron chi connectivity index (χ2n) is 1.69. The van der Waals surface area contributed by atoms with E-state index in [1.165, 1.54) is 0 Å². The van der Waals surface area contributed by atoms with Gasteiger partial charge in [0.2, 0.25) is 0 Å². The Morgan fingerprint density at radius 3 is 1.38 bits per heavy atom. The average molecular weight is 180 g/mol. The van der Waals surface area contributed by atoms with Crippen molar-refractivity contribution in [3.63, 3.8) is 0 Å². The molecule has 0 atom stereocenters. The SMILES string of the molecule is CC[PH](S)(S)CC.[NaH]. The van der Waals surface area contributed by atoms with Crippen LogP contribution >= 0.6 is 30.2 Å². The van der Waals surface area contributed by atoms with Gasteiger partial charge in [0.25, 0.3) is 0 Å². The summed E-state index contributed by atoms with van der Waals surface area (Å²) in [5.74, 6) is 0. The van der Waals surface area contributed by atoms with Gasteiger partial charge in [-0.3, -0.25) is 0 Å². The van der Waals surface area contributed by atoms with Crippen LogP contribution in [-0.4, -0.2) is 41.9 Å². The zero-order chi connectivity index (χ0) is 5.91. The van der Waals surface area contributed by atoms with E-state index in [1.807, 2.05) is 0 Å². The van der Waals surface area contributed by atoms with Crippen LogP contribution in [0.2, 0.25) is 0 Å². The van der Waals surface area contributed by atoms with Crippen molar-refractivity contribution in [2.75, 3.05) is 12.3 Å². The molecule has 0 aromatic rings. The van der Waals surface area contributed by atoms with Crippen molar-refractivity contribution in [2.24, 2.45) is 0 Å². The summed E-state index contributed by atoms with van der Waals surface area (Å²) in [4.78, 5) is 0. The Morgan fingerprint density at radius 1 is 1.12 bits per heavy atom. The first-order chi connectivity index (χ1) is 3.12. The molecule has 0 aliphatic carbocycles. The van der Waals surface area contributed by atoms with E-state index in [4.69, 9.17) is 0 Å². The van der Waals surface area contributed by atoms with Crippen LogP contribution in [-0.2, 0) is 0 Å². The van der Waals surface area contributed by atoms with Gasteiger partial charge in [-0.05, 0) is 0 Å². The molecule has 0 amide bonds. The van der Waals surface area contributed by atoms with Gasteiger partial charge in [-0.1, -0.05) is 0 Å². The molecule has 0 nitrogen and oxygen atoms in total. The van der Waals surface area contributed by atoms with E-state index in [2.05, 4.69) is 38.3 Å². The van der Waals surface area contributed by atoms with E-state index in [0.717, 1.165) is 12.3 Å². The van der Waals surface area contributed by atoms with Crippen LogP contribution in [0.3, 0.4) is 0 Å². The molecule has 0 saturated heterocycles. The second kappa shape index (κ2) is 5.88.